The molecule has 5 rings (SSSR count). The molecule has 4 N–H and O–H groups in total. The molecule has 0 fully saturated rings. The van der Waals surface area contributed by atoms with Crippen LogP contribution in [0.4, 0.5) is 0 Å². The molecule has 0 saturated heterocycles. The first-order chi connectivity index (χ1) is 20.8. The molecule has 234 valence electrons. The zero-order valence-corrected chi connectivity index (χ0v) is 31.9. The van der Waals surface area contributed by atoms with E-state index < -0.39 is 24.1 Å². The third-order valence-corrected chi connectivity index (χ3v) is 8.63. The standard InChI is InChI=1S/C34H38N4O6.Hg.2Na.2H/c1-15-21(7-9-31(41)42)27-14-28-22(8-10-32(43)44)16(2)24(36-28)12-29-34(20(6)40)18(4)26(38-29)13-30-33(19(5)39)17(3)25(37-30)11-23(15)35-27;;;;;/h11-14,19-20,36-37,39-40H,7-10H2,1-6H3,(H,41,42)(H,43,44);;;;;/q;+2;;;;/p-2. The first-order valence-corrected chi connectivity index (χ1v) is 14.7. The number of aliphatic hydroxyl groups is 2. The van der Waals surface area contributed by atoms with Gasteiger partial charge in [-0.25, -0.2) is 9.97 Å². The summed E-state index contributed by atoms with van der Waals surface area (Å²) in [5.74, 6) is -2.34. The molecule has 2 aliphatic heterocycles. The van der Waals surface area contributed by atoms with Gasteiger partial charge in [-0.15, -0.1) is 0 Å². The molecule has 3 aromatic heterocycles. The fraction of sp³-hybridized carbons (Fsp3) is 0.353. The van der Waals surface area contributed by atoms with Gasteiger partial charge in [-0.1, -0.05) is 0 Å². The molecule has 2 aliphatic rings. The van der Waals surface area contributed by atoms with Gasteiger partial charge in [0.2, 0.25) is 0 Å². The van der Waals surface area contributed by atoms with Crippen molar-refractivity contribution >= 4 is 115 Å². The number of hydrogen-bond donors (Lipinski definition) is 4. The SMILES string of the molecule is CC1=C(CCC(=O)[O-])c2cc3[nH]c(cc4nc(cc5[nH]c(cc1n2)c(C)c5C(C)O)C(C)=C4C(C)O)c(C)c3CCC(=O)[O-].[Hg+2].[NaH].[NaH]. The minimum absolute atomic E-state index is 0. The number of aromatic nitrogens is 4. The molecule has 2 atom stereocenters. The number of aryl methyl sites for hydroxylation is 3. The van der Waals surface area contributed by atoms with Gasteiger partial charge in [0, 0.05) is 45.1 Å². The summed E-state index contributed by atoms with van der Waals surface area (Å²) < 4.78 is 0. The number of nitrogens with zero attached hydrogens (tertiary/aromatic N) is 2. The number of aliphatic carboxylic acids is 2. The number of aliphatic hydroxyl groups excluding tert-OH is 2. The molecule has 2 unspecified atom stereocenters. The van der Waals surface area contributed by atoms with Gasteiger partial charge < -0.3 is 40.0 Å². The number of hydrogen-bond acceptors (Lipinski definition) is 8. The van der Waals surface area contributed by atoms with Crippen molar-refractivity contribution in [1.29, 1.82) is 0 Å². The van der Waals surface area contributed by atoms with Crippen molar-refractivity contribution in [2.45, 2.75) is 79.4 Å². The number of allylic oxidation sites excluding steroid dienone is 3. The Hall–Kier alpha value is -1.60. The van der Waals surface area contributed by atoms with E-state index in [1.165, 1.54) is 0 Å². The van der Waals surface area contributed by atoms with Crippen LogP contribution in [0, 0.1) is 13.8 Å². The number of H-pyrrole nitrogens is 2. The maximum atomic E-state index is 11.4. The van der Waals surface area contributed by atoms with Gasteiger partial charge in [0.1, 0.15) is 0 Å². The zero-order valence-electron chi connectivity index (χ0n) is 26.4. The van der Waals surface area contributed by atoms with E-state index in [1.807, 2.05) is 52.0 Å². The van der Waals surface area contributed by atoms with Crippen LogP contribution in [0.1, 0.15) is 98.1 Å². The molecule has 0 spiro atoms. The molecular weight excluding hydrogens is 807 g/mol. The van der Waals surface area contributed by atoms with E-state index in [4.69, 9.17) is 9.97 Å². The van der Waals surface area contributed by atoms with Crippen LogP contribution in [0.25, 0.3) is 44.4 Å². The van der Waals surface area contributed by atoms with Crippen molar-refractivity contribution in [3.8, 4) is 0 Å². The predicted molar refractivity (Wildman–Crippen MR) is 180 cm³/mol. The van der Waals surface area contributed by atoms with Crippen LogP contribution >= 0.6 is 0 Å². The van der Waals surface area contributed by atoms with E-state index >= 15 is 0 Å². The topological polar surface area (TPSA) is 178 Å². The Kier molecular flexibility index (Phi) is 14.9. The summed E-state index contributed by atoms with van der Waals surface area (Å²) >= 11 is 0. The zero-order chi connectivity index (χ0) is 32.0. The second kappa shape index (κ2) is 16.9. The van der Waals surface area contributed by atoms with Crippen LogP contribution in [0.15, 0.2) is 24.3 Å². The van der Waals surface area contributed by atoms with Crippen LogP contribution in [-0.2, 0) is 43.7 Å². The summed E-state index contributed by atoms with van der Waals surface area (Å²) in [5, 5.41) is 44.4. The van der Waals surface area contributed by atoms with Crippen molar-refractivity contribution in [3.05, 3.63) is 69.3 Å². The minimum atomic E-state index is -1.17. The van der Waals surface area contributed by atoms with Gasteiger partial charge in [0.25, 0.3) is 0 Å². The van der Waals surface area contributed by atoms with E-state index in [0.29, 0.717) is 50.5 Å². The average molecular weight is 845 g/mol. The quantitative estimate of drug-likeness (QED) is 0.250. The van der Waals surface area contributed by atoms with Crippen LogP contribution in [0.5, 0.6) is 0 Å². The molecule has 0 aliphatic carbocycles. The molecule has 13 heteroatoms. The molecule has 0 aromatic carbocycles. The molecule has 10 nitrogen and oxygen atoms in total. The Morgan fingerprint density at radius 3 is 1.79 bits per heavy atom. The fourth-order valence-corrected chi connectivity index (χ4v) is 6.30. The van der Waals surface area contributed by atoms with E-state index in [2.05, 4.69) is 9.97 Å². The molecule has 5 heterocycles. The van der Waals surface area contributed by atoms with Crippen molar-refractivity contribution in [1.82, 2.24) is 19.9 Å². The maximum absolute atomic E-state index is 11.4. The molecule has 8 bridgehead atoms. The van der Waals surface area contributed by atoms with Crippen LogP contribution in [0.3, 0.4) is 0 Å². The molecule has 47 heavy (non-hydrogen) atoms. The Balaban J connectivity index is 0.00000256. The number of rotatable bonds is 8. The number of fused-ring (bicyclic) bond motifs is 8. The third-order valence-electron chi connectivity index (χ3n) is 8.63. The van der Waals surface area contributed by atoms with Gasteiger partial charge in [-0.3, -0.25) is 0 Å². The summed E-state index contributed by atoms with van der Waals surface area (Å²) in [7, 11) is 0. The molecule has 0 radical (unpaired) electrons. The van der Waals surface area contributed by atoms with E-state index in [0.717, 1.165) is 38.9 Å². The summed E-state index contributed by atoms with van der Waals surface area (Å²) in [6.45, 7) is 11.0. The van der Waals surface area contributed by atoms with E-state index in [-0.39, 0.29) is 112 Å². The normalized spacial score (nSPS) is 13.8. The summed E-state index contributed by atoms with van der Waals surface area (Å²) in [6, 6.07) is 7.41. The average Bonchev–Trinajstić information content (AvgIpc) is 3.59. The number of nitrogens with one attached hydrogen (secondary N) is 2. The predicted octanol–water partition coefficient (Wildman–Crippen LogP) is 2.14. The van der Waals surface area contributed by atoms with Crippen LogP contribution in [-0.4, -0.2) is 107 Å². The number of carboxylic acids is 2. The second-order valence-corrected chi connectivity index (χ2v) is 11.6. The molecular formula is C34H38HgN4Na2O6. The monoisotopic (exact) mass is 846 g/mol. The Morgan fingerprint density at radius 1 is 0.702 bits per heavy atom. The Labute approximate surface area is 338 Å². The van der Waals surface area contributed by atoms with Gasteiger partial charge in [-0.2, -0.15) is 0 Å². The summed E-state index contributed by atoms with van der Waals surface area (Å²) in [6.07, 6.45) is -1.56. The first-order valence-electron chi connectivity index (χ1n) is 14.7. The molecule has 0 saturated carbocycles. The number of carboxylic acid groups (broad SMARTS) is 2. The van der Waals surface area contributed by atoms with E-state index in [1.54, 1.807) is 13.8 Å². The van der Waals surface area contributed by atoms with Gasteiger partial charge in [-0.05, 0) is 125 Å². The number of carbonyl (C=O) groups excluding carboxylic acids is 2. The number of aromatic amines is 2. The molecule has 0 amide bonds. The Morgan fingerprint density at radius 2 is 1.19 bits per heavy atom. The van der Waals surface area contributed by atoms with Gasteiger partial charge in [0.15, 0.2) is 0 Å². The number of carbonyl (C=O) groups is 2. The van der Waals surface area contributed by atoms with Gasteiger partial charge >= 0.3 is 86.8 Å². The summed E-state index contributed by atoms with van der Waals surface area (Å²) in [5.41, 5.74) is 11.3. The summed E-state index contributed by atoms with van der Waals surface area (Å²) in [4.78, 5) is 39.5. The van der Waals surface area contributed by atoms with Crippen molar-refractivity contribution in [2.24, 2.45) is 0 Å². The van der Waals surface area contributed by atoms with Crippen LogP contribution in [0.2, 0.25) is 0 Å². The fourth-order valence-electron chi connectivity index (χ4n) is 6.30. The van der Waals surface area contributed by atoms with Crippen LogP contribution < -0.4 is 10.2 Å². The third kappa shape index (κ3) is 8.59. The molecule has 3 aromatic rings. The van der Waals surface area contributed by atoms with Crippen molar-refractivity contribution in [3.63, 3.8) is 0 Å². The van der Waals surface area contributed by atoms with E-state index in [9.17, 15) is 30.0 Å². The van der Waals surface area contributed by atoms with Crippen molar-refractivity contribution < 1.29 is 57.7 Å². The first kappa shape index (κ1) is 41.6. The van der Waals surface area contributed by atoms with Gasteiger partial charge in [0.05, 0.1) is 35.0 Å². The Bertz CT molecular complexity index is 1940. The van der Waals surface area contributed by atoms with Crippen molar-refractivity contribution in [2.75, 3.05) is 0 Å². The second-order valence-electron chi connectivity index (χ2n) is 11.6.